The standard InChI is InChI=1S/C19H22F3N5O3/c1-18(7-10-2-3-10,16-25-17(23)30-27-16)26-15(28)13-6-14(29-9-19(20,21)22)12(8-24-13)11-4-5-11/h6,8,10-11H,2-5,7,9H2,1H3,(H,26,28)(H2,23,25,27). The van der Waals surface area contributed by atoms with Crippen LogP contribution in [-0.4, -0.2) is 33.8 Å². The first-order valence-electron chi connectivity index (χ1n) is 9.74. The number of nitrogens with two attached hydrogens (primary N) is 1. The molecule has 2 fully saturated rings. The molecular weight excluding hydrogens is 403 g/mol. The van der Waals surface area contributed by atoms with Crippen molar-refractivity contribution in [2.75, 3.05) is 12.3 Å². The minimum atomic E-state index is -4.48. The van der Waals surface area contributed by atoms with Crippen molar-refractivity contribution >= 4 is 11.9 Å². The van der Waals surface area contributed by atoms with E-state index in [9.17, 15) is 18.0 Å². The van der Waals surface area contributed by atoms with Gasteiger partial charge in [-0.15, -0.1) is 0 Å². The van der Waals surface area contributed by atoms with E-state index >= 15 is 0 Å². The van der Waals surface area contributed by atoms with E-state index < -0.39 is 24.2 Å². The number of hydrogen-bond donors (Lipinski definition) is 2. The maximum atomic E-state index is 12.9. The Morgan fingerprint density at radius 1 is 1.33 bits per heavy atom. The lowest BCUT2D eigenvalue weighted by Gasteiger charge is -2.27. The summed E-state index contributed by atoms with van der Waals surface area (Å²) in [5, 5.41) is 6.69. The minimum Gasteiger partial charge on any atom is -0.484 e. The average molecular weight is 425 g/mol. The monoisotopic (exact) mass is 425 g/mol. The van der Waals surface area contributed by atoms with Gasteiger partial charge in [-0.05, 0) is 38.0 Å². The smallest absolute Gasteiger partial charge is 0.422 e. The summed E-state index contributed by atoms with van der Waals surface area (Å²) in [4.78, 5) is 21.1. The summed E-state index contributed by atoms with van der Waals surface area (Å²) in [5.41, 5.74) is 5.11. The number of alkyl halides is 3. The van der Waals surface area contributed by atoms with E-state index in [1.54, 1.807) is 6.92 Å². The van der Waals surface area contributed by atoms with Gasteiger partial charge < -0.3 is 20.3 Å². The van der Waals surface area contributed by atoms with Crippen molar-refractivity contribution < 1.29 is 27.2 Å². The summed E-state index contributed by atoms with van der Waals surface area (Å²) in [6, 6.07) is 1.15. The zero-order valence-corrected chi connectivity index (χ0v) is 16.3. The van der Waals surface area contributed by atoms with E-state index in [1.807, 2.05) is 0 Å². The Bertz CT molecular complexity index is 940. The summed E-state index contributed by atoms with van der Waals surface area (Å²) in [6.07, 6.45) is 1.29. The average Bonchev–Trinajstić information content (AvgIpc) is 3.59. The molecule has 0 spiro atoms. The first-order chi connectivity index (χ1) is 14.1. The highest BCUT2D eigenvalue weighted by molar-refractivity contribution is 5.93. The van der Waals surface area contributed by atoms with Crippen LogP contribution in [0, 0.1) is 5.92 Å². The number of ether oxygens (including phenoxy) is 1. The zero-order valence-electron chi connectivity index (χ0n) is 16.3. The number of nitrogens with zero attached hydrogens (tertiary/aromatic N) is 3. The Labute approximate surface area is 170 Å². The number of hydrogen-bond acceptors (Lipinski definition) is 7. The molecule has 3 N–H and O–H groups in total. The lowest BCUT2D eigenvalue weighted by atomic mass is 9.93. The molecule has 30 heavy (non-hydrogen) atoms. The Balaban J connectivity index is 1.56. The van der Waals surface area contributed by atoms with Crippen molar-refractivity contribution in [3.8, 4) is 5.75 Å². The van der Waals surface area contributed by atoms with Gasteiger partial charge in [0.15, 0.2) is 12.4 Å². The molecule has 0 aliphatic heterocycles. The number of aromatic nitrogens is 3. The van der Waals surface area contributed by atoms with Gasteiger partial charge in [-0.2, -0.15) is 18.2 Å². The quantitative estimate of drug-likeness (QED) is 0.666. The molecule has 2 saturated carbocycles. The van der Waals surface area contributed by atoms with Crippen LogP contribution < -0.4 is 15.8 Å². The Kier molecular flexibility index (Phi) is 5.07. The Morgan fingerprint density at radius 2 is 2.07 bits per heavy atom. The first kappa shape index (κ1) is 20.4. The summed E-state index contributed by atoms with van der Waals surface area (Å²) < 4.78 is 47.7. The van der Waals surface area contributed by atoms with Gasteiger partial charge in [0.1, 0.15) is 17.0 Å². The maximum Gasteiger partial charge on any atom is 0.422 e. The van der Waals surface area contributed by atoms with E-state index in [2.05, 4.69) is 20.4 Å². The zero-order chi connectivity index (χ0) is 21.5. The van der Waals surface area contributed by atoms with Gasteiger partial charge in [0.2, 0.25) is 0 Å². The van der Waals surface area contributed by atoms with Crippen LogP contribution in [0.4, 0.5) is 19.2 Å². The fourth-order valence-electron chi connectivity index (χ4n) is 3.43. The second kappa shape index (κ2) is 7.44. The van der Waals surface area contributed by atoms with Gasteiger partial charge in [-0.1, -0.05) is 18.0 Å². The van der Waals surface area contributed by atoms with Crippen LogP contribution in [0.2, 0.25) is 0 Å². The topological polar surface area (TPSA) is 116 Å². The van der Waals surface area contributed by atoms with Gasteiger partial charge in [0, 0.05) is 17.8 Å². The van der Waals surface area contributed by atoms with Crippen LogP contribution in [0.5, 0.6) is 5.75 Å². The summed E-state index contributed by atoms with van der Waals surface area (Å²) >= 11 is 0. The van der Waals surface area contributed by atoms with Crippen LogP contribution in [0.15, 0.2) is 16.8 Å². The van der Waals surface area contributed by atoms with E-state index in [0.717, 1.165) is 25.7 Å². The number of anilines is 1. The predicted octanol–water partition coefficient (Wildman–Crippen LogP) is 3.31. The lowest BCUT2D eigenvalue weighted by molar-refractivity contribution is -0.153. The molecule has 2 aliphatic rings. The molecule has 11 heteroatoms. The van der Waals surface area contributed by atoms with Crippen molar-refractivity contribution in [2.24, 2.45) is 5.92 Å². The third-order valence-corrected chi connectivity index (χ3v) is 5.25. The van der Waals surface area contributed by atoms with E-state index in [1.165, 1.54) is 12.3 Å². The molecule has 0 radical (unpaired) electrons. The highest BCUT2D eigenvalue weighted by Crippen LogP contribution is 2.44. The second-order valence-corrected chi connectivity index (χ2v) is 8.18. The molecule has 1 amide bonds. The summed E-state index contributed by atoms with van der Waals surface area (Å²) in [7, 11) is 0. The number of amides is 1. The number of halogens is 3. The molecule has 2 aromatic rings. The Morgan fingerprint density at radius 3 is 2.63 bits per heavy atom. The molecule has 0 saturated heterocycles. The van der Waals surface area contributed by atoms with Crippen LogP contribution >= 0.6 is 0 Å². The van der Waals surface area contributed by atoms with Crippen molar-refractivity contribution in [3.05, 3.63) is 29.3 Å². The van der Waals surface area contributed by atoms with Crippen LogP contribution in [-0.2, 0) is 5.54 Å². The molecule has 2 heterocycles. The van der Waals surface area contributed by atoms with Crippen molar-refractivity contribution in [1.29, 1.82) is 0 Å². The van der Waals surface area contributed by atoms with E-state index in [0.29, 0.717) is 17.9 Å². The van der Waals surface area contributed by atoms with Gasteiger partial charge >= 0.3 is 12.2 Å². The highest BCUT2D eigenvalue weighted by atomic mass is 19.4. The summed E-state index contributed by atoms with van der Waals surface area (Å²) in [5.74, 6) is 0.220. The van der Waals surface area contributed by atoms with Crippen LogP contribution in [0.1, 0.15) is 66.8 Å². The molecule has 4 rings (SSSR count). The van der Waals surface area contributed by atoms with Crippen molar-refractivity contribution in [2.45, 2.75) is 56.7 Å². The lowest BCUT2D eigenvalue weighted by Crippen LogP contribution is -2.45. The molecular formula is C19H22F3N5O3. The van der Waals surface area contributed by atoms with Crippen molar-refractivity contribution in [3.63, 3.8) is 0 Å². The molecule has 1 atom stereocenters. The minimum absolute atomic E-state index is 0.0303. The van der Waals surface area contributed by atoms with Gasteiger partial charge in [-0.3, -0.25) is 9.78 Å². The van der Waals surface area contributed by atoms with Crippen molar-refractivity contribution in [1.82, 2.24) is 20.4 Å². The van der Waals surface area contributed by atoms with Crippen LogP contribution in [0.25, 0.3) is 0 Å². The Hall–Kier alpha value is -2.85. The first-order valence-corrected chi connectivity index (χ1v) is 9.74. The second-order valence-electron chi connectivity index (χ2n) is 8.18. The van der Waals surface area contributed by atoms with Gasteiger partial charge in [-0.25, -0.2) is 0 Å². The fourth-order valence-corrected chi connectivity index (χ4v) is 3.43. The van der Waals surface area contributed by atoms with Gasteiger partial charge in [0.05, 0.1) is 0 Å². The molecule has 2 aromatic heterocycles. The molecule has 1 unspecified atom stereocenters. The molecule has 0 aromatic carbocycles. The van der Waals surface area contributed by atoms with Gasteiger partial charge in [0.25, 0.3) is 5.91 Å². The molecule has 8 nitrogen and oxygen atoms in total. The normalized spacial score (nSPS) is 18.7. The van der Waals surface area contributed by atoms with E-state index in [4.69, 9.17) is 15.0 Å². The number of nitrogens with one attached hydrogen (secondary N) is 1. The molecule has 162 valence electrons. The predicted molar refractivity (Wildman–Crippen MR) is 98.6 cm³/mol. The van der Waals surface area contributed by atoms with Crippen LogP contribution in [0.3, 0.4) is 0 Å². The fraction of sp³-hybridized carbons (Fsp3) is 0.579. The summed E-state index contributed by atoms with van der Waals surface area (Å²) in [6.45, 7) is 0.326. The molecule has 0 bridgehead atoms. The largest absolute Gasteiger partial charge is 0.484 e. The highest BCUT2D eigenvalue weighted by Gasteiger charge is 2.40. The van der Waals surface area contributed by atoms with E-state index in [-0.39, 0.29) is 29.2 Å². The molecule has 2 aliphatic carbocycles. The number of carbonyl (C=O) groups is 1. The number of pyridine rings is 1. The number of nitrogen functional groups attached to an aromatic ring is 1. The number of rotatable bonds is 8. The number of carbonyl (C=O) groups excluding carboxylic acids is 1. The third-order valence-electron chi connectivity index (χ3n) is 5.25. The SMILES string of the molecule is CC(CC1CC1)(NC(=O)c1cc(OCC(F)(F)F)c(C2CC2)cn1)c1noc(N)n1. The third kappa shape index (κ3) is 4.82. The maximum absolute atomic E-state index is 12.9.